The summed E-state index contributed by atoms with van der Waals surface area (Å²) in [6.07, 6.45) is 0. The number of anilines is 2. The highest BCUT2D eigenvalue weighted by Crippen LogP contribution is 2.38. The van der Waals surface area contributed by atoms with Crippen LogP contribution in [0.25, 0.3) is 4.85 Å². The minimum Gasteiger partial charge on any atom is -0.303 e. The van der Waals surface area contributed by atoms with E-state index in [0.29, 0.717) is 22.6 Å². The van der Waals surface area contributed by atoms with Crippen molar-refractivity contribution in [1.29, 1.82) is 0 Å². The molecule has 1 fully saturated rings. The first-order valence-corrected chi connectivity index (χ1v) is 9.77. The third-order valence-corrected chi connectivity index (χ3v) is 5.61. The highest BCUT2D eigenvalue weighted by molar-refractivity contribution is 7.81. The normalized spacial score (nSPS) is 16.3. The number of hydrogen-bond donors (Lipinski definition) is 0. The molecule has 1 aliphatic rings. The highest BCUT2D eigenvalue weighted by Gasteiger charge is 2.50. The van der Waals surface area contributed by atoms with Gasteiger partial charge in [0.05, 0.1) is 6.57 Å². The van der Waals surface area contributed by atoms with Gasteiger partial charge >= 0.3 is 0 Å². The van der Waals surface area contributed by atoms with Crippen LogP contribution in [0.2, 0.25) is 0 Å². The van der Waals surface area contributed by atoms with Crippen molar-refractivity contribution in [1.82, 2.24) is 0 Å². The monoisotopic (exact) mass is 409 g/mol. The van der Waals surface area contributed by atoms with E-state index in [4.69, 9.17) is 18.8 Å². The summed E-state index contributed by atoms with van der Waals surface area (Å²) in [5, 5.41) is 0.290. The molecular weight excluding hydrogens is 385 g/mol. The smallest absolute Gasteiger partial charge is 0.259 e. The maximum absolute atomic E-state index is 14.8. The van der Waals surface area contributed by atoms with Crippen LogP contribution in [0.5, 0.6) is 0 Å². The molecule has 29 heavy (non-hydrogen) atoms. The van der Waals surface area contributed by atoms with E-state index in [0.717, 1.165) is 5.56 Å². The summed E-state index contributed by atoms with van der Waals surface area (Å²) < 4.78 is 14.8. The summed E-state index contributed by atoms with van der Waals surface area (Å²) in [4.78, 5) is 19.9. The molecule has 0 N–H and O–H groups in total. The predicted molar refractivity (Wildman–Crippen MR) is 119 cm³/mol. The Labute approximate surface area is 176 Å². The second-order valence-corrected chi connectivity index (χ2v) is 9.18. The van der Waals surface area contributed by atoms with Crippen LogP contribution in [0.3, 0.4) is 0 Å². The molecule has 1 aliphatic heterocycles. The number of thiocarbonyl (C=S) groups is 1. The average Bonchev–Trinajstić information content (AvgIpc) is 2.78. The Bertz CT molecular complexity index is 1060. The molecule has 2 aromatic carbocycles. The van der Waals surface area contributed by atoms with E-state index in [2.05, 4.69) is 4.85 Å². The topological polar surface area (TPSA) is 27.9 Å². The van der Waals surface area contributed by atoms with Gasteiger partial charge in [0.2, 0.25) is 0 Å². The third-order valence-electron chi connectivity index (χ3n) is 5.25. The molecule has 0 aromatic heterocycles. The zero-order chi connectivity index (χ0) is 21.7. The van der Waals surface area contributed by atoms with E-state index in [1.54, 1.807) is 43.0 Å². The molecule has 2 aromatic rings. The summed E-state index contributed by atoms with van der Waals surface area (Å²) in [6.45, 7) is 18.4. The zero-order valence-corrected chi connectivity index (χ0v) is 18.3. The molecule has 1 saturated heterocycles. The highest BCUT2D eigenvalue weighted by atomic mass is 32.1. The zero-order valence-electron chi connectivity index (χ0n) is 17.5. The quantitative estimate of drug-likeness (QED) is 0.457. The van der Waals surface area contributed by atoms with Gasteiger partial charge in [-0.1, -0.05) is 32.9 Å². The van der Waals surface area contributed by atoms with Crippen molar-refractivity contribution < 1.29 is 9.18 Å². The standard InChI is InChI=1S/C23H24FN3OS/c1-14-12-15(9-11-19(14)25-7)26-20(28)23(5,6)27(21(26)29)16-8-10-17(18(24)13-16)22(2,3)4/h8-13H,1-6H3. The fraction of sp³-hybridized carbons (Fsp3) is 0.348. The van der Waals surface area contributed by atoms with Gasteiger partial charge in [-0.15, -0.1) is 0 Å². The number of amides is 1. The summed E-state index contributed by atoms with van der Waals surface area (Å²) in [5.41, 5.74) is 1.75. The first-order valence-electron chi connectivity index (χ1n) is 9.36. The average molecular weight is 410 g/mol. The van der Waals surface area contributed by atoms with Crippen molar-refractivity contribution in [3.05, 3.63) is 64.8 Å². The minimum atomic E-state index is -0.973. The molecule has 0 unspecified atom stereocenters. The van der Waals surface area contributed by atoms with Gasteiger partial charge in [-0.25, -0.2) is 9.24 Å². The molecular formula is C23H24FN3OS. The van der Waals surface area contributed by atoms with Gasteiger partial charge in [0.15, 0.2) is 10.8 Å². The van der Waals surface area contributed by atoms with Crippen LogP contribution < -0.4 is 9.80 Å². The lowest BCUT2D eigenvalue weighted by molar-refractivity contribution is -0.120. The van der Waals surface area contributed by atoms with E-state index >= 15 is 0 Å². The largest absolute Gasteiger partial charge is 0.303 e. The minimum absolute atomic E-state index is 0.197. The number of nitrogens with zero attached hydrogens (tertiary/aromatic N) is 3. The number of rotatable bonds is 2. The molecule has 0 bridgehead atoms. The third kappa shape index (κ3) is 3.40. The molecule has 0 radical (unpaired) electrons. The van der Waals surface area contributed by atoms with Crippen molar-refractivity contribution in [2.45, 2.75) is 52.5 Å². The van der Waals surface area contributed by atoms with Crippen molar-refractivity contribution >= 4 is 40.3 Å². The number of carbonyl (C=O) groups is 1. The van der Waals surface area contributed by atoms with E-state index in [-0.39, 0.29) is 22.3 Å². The van der Waals surface area contributed by atoms with Gasteiger partial charge in [-0.3, -0.25) is 9.69 Å². The van der Waals surface area contributed by atoms with Crippen LogP contribution in [0.1, 0.15) is 45.7 Å². The van der Waals surface area contributed by atoms with Crippen LogP contribution in [-0.4, -0.2) is 16.6 Å². The molecule has 1 heterocycles. The first-order chi connectivity index (χ1) is 13.4. The van der Waals surface area contributed by atoms with E-state index in [1.807, 2.05) is 33.8 Å². The molecule has 0 aliphatic carbocycles. The van der Waals surface area contributed by atoms with Crippen LogP contribution in [0.15, 0.2) is 36.4 Å². The van der Waals surface area contributed by atoms with Gasteiger partial charge in [0.1, 0.15) is 11.4 Å². The number of hydrogen-bond acceptors (Lipinski definition) is 2. The van der Waals surface area contributed by atoms with Gasteiger partial charge in [0.25, 0.3) is 5.91 Å². The first kappa shape index (κ1) is 20.9. The molecule has 0 saturated carbocycles. The molecule has 150 valence electrons. The van der Waals surface area contributed by atoms with Gasteiger partial charge in [-0.05, 0) is 73.8 Å². The lowest BCUT2D eigenvalue weighted by Crippen LogP contribution is -2.44. The fourth-order valence-electron chi connectivity index (χ4n) is 3.61. The Hall–Kier alpha value is -2.78. The molecule has 6 heteroatoms. The summed E-state index contributed by atoms with van der Waals surface area (Å²) in [7, 11) is 0. The number of benzene rings is 2. The second kappa shape index (κ2) is 6.93. The predicted octanol–water partition coefficient (Wildman–Crippen LogP) is 5.90. The van der Waals surface area contributed by atoms with Crippen molar-refractivity contribution in [3.63, 3.8) is 0 Å². The molecule has 3 rings (SSSR count). The maximum atomic E-state index is 14.8. The molecule has 1 amide bonds. The van der Waals surface area contributed by atoms with Crippen molar-refractivity contribution in [3.8, 4) is 0 Å². The SMILES string of the molecule is [C-]#[N+]c1ccc(N2C(=O)C(C)(C)N(c3ccc(C(C)(C)C)c(F)c3)C2=S)cc1C. The number of carbonyl (C=O) groups excluding carboxylic acids is 1. The van der Waals surface area contributed by atoms with E-state index in [9.17, 15) is 9.18 Å². The second-order valence-electron chi connectivity index (χ2n) is 8.81. The Morgan fingerprint density at radius 2 is 1.72 bits per heavy atom. The summed E-state index contributed by atoms with van der Waals surface area (Å²) in [6, 6.07) is 10.2. The Balaban J connectivity index is 2.07. The van der Waals surface area contributed by atoms with Gasteiger partial charge < -0.3 is 4.90 Å². The van der Waals surface area contributed by atoms with Crippen LogP contribution in [0.4, 0.5) is 21.5 Å². The molecule has 0 spiro atoms. The Morgan fingerprint density at radius 1 is 1.10 bits per heavy atom. The summed E-state index contributed by atoms with van der Waals surface area (Å²) >= 11 is 5.65. The van der Waals surface area contributed by atoms with E-state index in [1.165, 1.54) is 11.0 Å². The lowest BCUT2D eigenvalue weighted by atomic mass is 9.86. The van der Waals surface area contributed by atoms with Crippen LogP contribution in [0, 0.1) is 19.3 Å². The molecule has 4 nitrogen and oxygen atoms in total. The fourth-order valence-corrected chi connectivity index (χ4v) is 4.13. The number of halogens is 1. The van der Waals surface area contributed by atoms with Crippen molar-refractivity contribution in [2.24, 2.45) is 0 Å². The van der Waals surface area contributed by atoms with Gasteiger partial charge in [0, 0.05) is 11.4 Å². The van der Waals surface area contributed by atoms with Gasteiger partial charge in [-0.2, -0.15) is 0 Å². The van der Waals surface area contributed by atoms with E-state index < -0.39 is 5.54 Å². The van der Waals surface area contributed by atoms with Crippen LogP contribution >= 0.6 is 12.2 Å². The lowest BCUT2D eigenvalue weighted by Gasteiger charge is -2.30. The summed E-state index contributed by atoms with van der Waals surface area (Å²) in [5.74, 6) is -0.519. The molecule has 0 atom stereocenters. The maximum Gasteiger partial charge on any atom is 0.259 e. The Kier molecular flexibility index (Phi) is 5.00. The number of aryl methyl sites for hydroxylation is 1. The van der Waals surface area contributed by atoms with Crippen molar-refractivity contribution in [2.75, 3.05) is 9.80 Å². The van der Waals surface area contributed by atoms with Crippen LogP contribution in [-0.2, 0) is 10.2 Å². The Morgan fingerprint density at radius 3 is 2.24 bits per heavy atom.